The molecule has 0 spiro atoms. The third kappa shape index (κ3) is 8.23. The fourth-order valence-corrected chi connectivity index (χ4v) is 5.67. The van der Waals surface area contributed by atoms with E-state index in [0.29, 0.717) is 22.9 Å². The molecule has 1 aliphatic rings. The van der Waals surface area contributed by atoms with Crippen molar-refractivity contribution < 1.29 is 27.5 Å². The minimum Gasteiger partial charge on any atom is -0.497 e. The topological polar surface area (TPSA) is 105 Å². The Balaban J connectivity index is 1.55. The molecule has 1 unspecified atom stereocenters. The van der Waals surface area contributed by atoms with Crippen LogP contribution in [0.25, 0.3) is 0 Å². The number of amides is 2. The maximum absolute atomic E-state index is 13.8. The lowest BCUT2D eigenvalue weighted by atomic mass is 10.1. The molecule has 10 heteroatoms. The number of rotatable bonds is 12. The van der Waals surface area contributed by atoms with E-state index in [4.69, 9.17) is 9.47 Å². The summed E-state index contributed by atoms with van der Waals surface area (Å²) in [4.78, 5) is 28.4. The maximum Gasteiger partial charge on any atom is 0.244 e. The molecule has 1 atom stereocenters. The molecular formula is C31H37N3O6S. The molecule has 4 rings (SSSR count). The van der Waals surface area contributed by atoms with Crippen LogP contribution in [0.3, 0.4) is 0 Å². The van der Waals surface area contributed by atoms with Crippen LogP contribution in [0.15, 0.2) is 78.9 Å². The summed E-state index contributed by atoms with van der Waals surface area (Å²) in [6.45, 7) is 1.34. The van der Waals surface area contributed by atoms with Crippen molar-refractivity contribution in [2.75, 3.05) is 24.2 Å². The van der Waals surface area contributed by atoms with Crippen LogP contribution in [0, 0.1) is 0 Å². The van der Waals surface area contributed by atoms with Gasteiger partial charge in [0, 0.05) is 12.6 Å². The van der Waals surface area contributed by atoms with Crippen LogP contribution >= 0.6 is 0 Å². The molecule has 1 saturated carbocycles. The van der Waals surface area contributed by atoms with Crippen LogP contribution in [-0.2, 0) is 26.2 Å². The molecular weight excluding hydrogens is 542 g/mol. The Morgan fingerprint density at radius 1 is 0.902 bits per heavy atom. The van der Waals surface area contributed by atoms with Gasteiger partial charge in [0.05, 0.1) is 19.1 Å². The lowest BCUT2D eigenvalue weighted by molar-refractivity contribution is -0.139. The number of benzene rings is 3. The predicted octanol–water partition coefficient (Wildman–Crippen LogP) is 4.73. The number of sulfonamides is 1. The van der Waals surface area contributed by atoms with Crippen molar-refractivity contribution in [3.8, 4) is 17.2 Å². The zero-order valence-corrected chi connectivity index (χ0v) is 24.5. The molecule has 0 saturated heterocycles. The van der Waals surface area contributed by atoms with Crippen molar-refractivity contribution in [3.05, 3.63) is 84.4 Å². The largest absolute Gasteiger partial charge is 0.497 e. The number of ether oxygens (including phenoxy) is 2. The van der Waals surface area contributed by atoms with E-state index in [2.05, 4.69) is 5.32 Å². The first kappa shape index (κ1) is 29.9. The van der Waals surface area contributed by atoms with E-state index < -0.39 is 28.5 Å². The van der Waals surface area contributed by atoms with Gasteiger partial charge < -0.3 is 19.7 Å². The van der Waals surface area contributed by atoms with Crippen molar-refractivity contribution in [1.29, 1.82) is 0 Å². The molecule has 1 aliphatic carbocycles. The van der Waals surface area contributed by atoms with Crippen LogP contribution in [0.4, 0.5) is 5.69 Å². The molecule has 0 bridgehead atoms. The average Bonchev–Trinajstić information content (AvgIpc) is 3.48. The van der Waals surface area contributed by atoms with Gasteiger partial charge in [-0.25, -0.2) is 8.42 Å². The molecule has 9 nitrogen and oxygen atoms in total. The van der Waals surface area contributed by atoms with Crippen molar-refractivity contribution in [3.63, 3.8) is 0 Å². The Bertz CT molecular complexity index is 1410. The number of anilines is 1. The third-order valence-corrected chi connectivity index (χ3v) is 8.30. The third-order valence-electron chi connectivity index (χ3n) is 7.16. The molecule has 0 aromatic heterocycles. The quantitative estimate of drug-likeness (QED) is 0.333. The van der Waals surface area contributed by atoms with E-state index in [1.165, 1.54) is 4.90 Å². The molecule has 3 aromatic rings. The fraction of sp³-hybridized carbons (Fsp3) is 0.355. The number of hydrogen-bond donors (Lipinski definition) is 1. The zero-order chi connectivity index (χ0) is 29.4. The number of methoxy groups -OCH3 is 1. The lowest BCUT2D eigenvalue weighted by Crippen LogP contribution is -2.52. The Hall–Kier alpha value is -4.05. The molecule has 3 aromatic carbocycles. The van der Waals surface area contributed by atoms with Crippen LogP contribution in [0.1, 0.15) is 38.2 Å². The predicted molar refractivity (Wildman–Crippen MR) is 159 cm³/mol. The van der Waals surface area contributed by atoms with Gasteiger partial charge in [0.1, 0.15) is 29.8 Å². The van der Waals surface area contributed by atoms with Gasteiger partial charge in [0.15, 0.2) is 0 Å². The highest BCUT2D eigenvalue weighted by Crippen LogP contribution is 2.26. The number of nitrogens with zero attached hydrogens (tertiary/aromatic N) is 2. The summed E-state index contributed by atoms with van der Waals surface area (Å²) in [5.74, 6) is 1.09. The average molecular weight is 580 g/mol. The maximum atomic E-state index is 13.8. The van der Waals surface area contributed by atoms with E-state index in [1.807, 2.05) is 42.5 Å². The summed E-state index contributed by atoms with van der Waals surface area (Å²) in [6.07, 6.45) is 5.00. The molecule has 0 radical (unpaired) electrons. The summed E-state index contributed by atoms with van der Waals surface area (Å²) in [6, 6.07) is 22.2. The SMILES string of the molecule is COc1ccc(CN(C(=O)CN(c2ccc(Oc3ccccc3)cc2)S(C)(=O)=O)C(C)C(=O)NC2CCCC2)cc1. The van der Waals surface area contributed by atoms with Gasteiger partial charge in [-0.15, -0.1) is 0 Å². The van der Waals surface area contributed by atoms with Gasteiger partial charge in [0.25, 0.3) is 0 Å². The summed E-state index contributed by atoms with van der Waals surface area (Å²) < 4.78 is 37.8. The molecule has 218 valence electrons. The van der Waals surface area contributed by atoms with Gasteiger partial charge >= 0.3 is 0 Å². The monoisotopic (exact) mass is 579 g/mol. The highest BCUT2D eigenvalue weighted by molar-refractivity contribution is 7.92. The standard InChI is InChI=1S/C31H37N3O6S/c1-23(31(36)32-25-9-7-8-10-25)33(21-24-13-17-27(39-2)18-14-24)30(35)22-34(41(3,37)38)26-15-19-29(20-16-26)40-28-11-5-4-6-12-28/h4-6,11-20,23,25H,7-10,21-22H2,1-3H3,(H,32,36). The van der Waals surface area contributed by atoms with Crippen molar-refractivity contribution in [2.24, 2.45) is 0 Å². The van der Waals surface area contributed by atoms with Gasteiger partial charge in [-0.1, -0.05) is 43.2 Å². The highest BCUT2D eigenvalue weighted by Gasteiger charge is 2.31. The Morgan fingerprint density at radius 2 is 1.49 bits per heavy atom. The smallest absolute Gasteiger partial charge is 0.244 e. The minimum absolute atomic E-state index is 0.0898. The van der Waals surface area contributed by atoms with Gasteiger partial charge in [-0.2, -0.15) is 0 Å². The van der Waals surface area contributed by atoms with Crippen molar-refractivity contribution in [1.82, 2.24) is 10.2 Å². The van der Waals surface area contributed by atoms with Gasteiger partial charge in [-0.3, -0.25) is 13.9 Å². The number of nitrogens with one attached hydrogen (secondary N) is 1. The summed E-state index contributed by atoms with van der Waals surface area (Å²) in [5, 5.41) is 3.06. The molecule has 41 heavy (non-hydrogen) atoms. The van der Waals surface area contributed by atoms with E-state index in [9.17, 15) is 18.0 Å². The van der Waals surface area contributed by atoms with E-state index in [0.717, 1.165) is 41.8 Å². The second-order valence-electron chi connectivity index (χ2n) is 10.2. The van der Waals surface area contributed by atoms with Crippen LogP contribution in [-0.4, -0.2) is 57.1 Å². The fourth-order valence-electron chi connectivity index (χ4n) is 4.82. The highest BCUT2D eigenvalue weighted by atomic mass is 32.2. The van der Waals surface area contributed by atoms with Crippen LogP contribution in [0.5, 0.6) is 17.2 Å². The molecule has 1 N–H and O–H groups in total. The Labute approximate surface area is 242 Å². The number of carbonyl (C=O) groups is 2. The summed E-state index contributed by atoms with van der Waals surface area (Å²) in [7, 11) is -2.27. The first-order valence-corrected chi connectivity index (χ1v) is 15.5. The van der Waals surface area contributed by atoms with Crippen LogP contribution in [0.2, 0.25) is 0 Å². The number of para-hydroxylation sites is 1. The summed E-state index contributed by atoms with van der Waals surface area (Å²) >= 11 is 0. The van der Waals surface area contributed by atoms with Crippen molar-refractivity contribution >= 4 is 27.5 Å². The first-order valence-electron chi connectivity index (χ1n) is 13.7. The number of hydrogen-bond acceptors (Lipinski definition) is 6. The van der Waals surface area contributed by atoms with E-state index in [1.54, 1.807) is 50.4 Å². The minimum atomic E-state index is -3.84. The second-order valence-corrected chi connectivity index (χ2v) is 12.1. The second kappa shape index (κ2) is 13.5. The summed E-state index contributed by atoms with van der Waals surface area (Å²) in [5.41, 5.74) is 1.10. The van der Waals surface area contributed by atoms with Crippen LogP contribution < -0.4 is 19.1 Å². The zero-order valence-electron chi connectivity index (χ0n) is 23.7. The Morgan fingerprint density at radius 3 is 2.07 bits per heavy atom. The molecule has 0 aliphatic heterocycles. The number of carbonyl (C=O) groups excluding carboxylic acids is 2. The Kier molecular flexibility index (Phi) is 9.88. The lowest BCUT2D eigenvalue weighted by Gasteiger charge is -2.32. The van der Waals surface area contributed by atoms with E-state index >= 15 is 0 Å². The van der Waals surface area contributed by atoms with Gasteiger partial charge in [-0.05, 0) is 73.9 Å². The van der Waals surface area contributed by atoms with E-state index in [-0.39, 0.29) is 18.5 Å². The first-order chi connectivity index (χ1) is 19.6. The normalized spacial score (nSPS) is 14.2. The molecule has 2 amide bonds. The molecule has 0 heterocycles. The van der Waals surface area contributed by atoms with Crippen molar-refractivity contribution in [2.45, 2.75) is 51.2 Å². The molecule has 1 fully saturated rings. The van der Waals surface area contributed by atoms with Gasteiger partial charge in [0.2, 0.25) is 21.8 Å².